The van der Waals surface area contributed by atoms with Crippen LogP contribution in [0.2, 0.25) is 0 Å². The summed E-state index contributed by atoms with van der Waals surface area (Å²) in [6.45, 7) is 5.38. The van der Waals surface area contributed by atoms with E-state index in [4.69, 9.17) is 0 Å². The van der Waals surface area contributed by atoms with Gasteiger partial charge < -0.3 is 10.2 Å². The van der Waals surface area contributed by atoms with Crippen molar-refractivity contribution in [2.45, 2.75) is 20.3 Å². The van der Waals surface area contributed by atoms with Gasteiger partial charge >= 0.3 is 0 Å². The summed E-state index contributed by atoms with van der Waals surface area (Å²) in [5.74, 6) is -2.14. The first-order valence-electron chi connectivity index (χ1n) is 7.56. The van der Waals surface area contributed by atoms with Crippen LogP contribution >= 0.6 is 0 Å². The summed E-state index contributed by atoms with van der Waals surface area (Å²) in [6.07, 6.45) is 0.265. The normalized spacial score (nSPS) is 10.4. The topological polar surface area (TPSA) is 32.3 Å². The Bertz CT molecular complexity index is 688. The van der Waals surface area contributed by atoms with Gasteiger partial charge in [-0.05, 0) is 43.7 Å². The zero-order valence-corrected chi connectivity index (χ0v) is 13.3. The van der Waals surface area contributed by atoms with E-state index in [1.54, 1.807) is 0 Å². The summed E-state index contributed by atoms with van der Waals surface area (Å²) < 4.78 is 26.0. The molecular formula is C18H20F2N2O. The van der Waals surface area contributed by atoms with Gasteiger partial charge in [-0.25, -0.2) is 8.78 Å². The molecule has 122 valence electrons. The first-order chi connectivity index (χ1) is 11.0. The molecule has 0 aliphatic rings. The number of halogens is 2. The van der Waals surface area contributed by atoms with E-state index in [0.717, 1.165) is 29.9 Å². The Morgan fingerprint density at radius 2 is 1.91 bits per heavy atom. The standard InChI is InChI=1S/C18H20F2N2O/c1-3-22(15-6-4-5-13(2)11-15)10-9-18(23)21-14-7-8-16(19)17(20)12-14/h4-8,11-12H,3,9-10H2,1-2H3,(H,21,23). The van der Waals surface area contributed by atoms with Crippen molar-refractivity contribution in [2.24, 2.45) is 0 Å². The van der Waals surface area contributed by atoms with Gasteiger partial charge in [-0.15, -0.1) is 0 Å². The van der Waals surface area contributed by atoms with Crippen LogP contribution in [0.25, 0.3) is 0 Å². The number of hydrogen-bond donors (Lipinski definition) is 1. The molecule has 0 aliphatic carbocycles. The van der Waals surface area contributed by atoms with Crippen molar-refractivity contribution in [2.75, 3.05) is 23.3 Å². The maximum Gasteiger partial charge on any atom is 0.226 e. The second-order valence-electron chi connectivity index (χ2n) is 5.35. The molecule has 0 aliphatic heterocycles. The fraction of sp³-hybridized carbons (Fsp3) is 0.278. The molecule has 2 aromatic carbocycles. The molecule has 1 amide bonds. The molecule has 0 atom stereocenters. The molecule has 2 aromatic rings. The molecule has 1 N–H and O–H groups in total. The van der Waals surface area contributed by atoms with Gasteiger partial charge in [-0.1, -0.05) is 12.1 Å². The highest BCUT2D eigenvalue weighted by atomic mass is 19.2. The number of nitrogens with zero attached hydrogens (tertiary/aromatic N) is 1. The van der Waals surface area contributed by atoms with Crippen LogP contribution in [0.3, 0.4) is 0 Å². The zero-order valence-electron chi connectivity index (χ0n) is 13.3. The van der Waals surface area contributed by atoms with Crippen LogP contribution in [-0.2, 0) is 4.79 Å². The van der Waals surface area contributed by atoms with E-state index in [1.807, 2.05) is 32.0 Å². The molecule has 0 bridgehead atoms. The molecule has 5 heteroatoms. The molecule has 0 heterocycles. The van der Waals surface area contributed by atoms with Gasteiger partial charge in [0.15, 0.2) is 11.6 Å². The summed E-state index contributed by atoms with van der Waals surface area (Å²) in [6, 6.07) is 11.4. The highest BCUT2D eigenvalue weighted by Gasteiger charge is 2.09. The molecule has 0 fully saturated rings. The number of benzene rings is 2. The van der Waals surface area contributed by atoms with Crippen LogP contribution in [0.5, 0.6) is 0 Å². The third-order valence-electron chi connectivity index (χ3n) is 3.56. The molecule has 23 heavy (non-hydrogen) atoms. The van der Waals surface area contributed by atoms with Crippen LogP contribution in [0.4, 0.5) is 20.2 Å². The monoisotopic (exact) mass is 318 g/mol. The van der Waals surface area contributed by atoms with Crippen molar-refractivity contribution in [1.82, 2.24) is 0 Å². The van der Waals surface area contributed by atoms with E-state index in [-0.39, 0.29) is 18.0 Å². The third kappa shape index (κ3) is 4.77. The van der Waals surface area contributed by atoms with Crippen molar-refractivity contribution < 1.29 is 13.6 Å². The van der Waals surface area contributed by atoms with Crippen LogP contribution in [0.1, 0.15) is 18.9 Å². The van der Waals surface area contributed by atoms with Gasteiger partial charge in [0.2, 0.25) is 5.91 Å². The molecular weight excluding hydrogens is 298 g/mol. The number of carbonyl (C=O) groups is 1. The fourth-order valence-corrected chi connectivity index (χ4v) is 2.33. The smallest absolute Gasteiger partial charge is 0.226 e. The van der Waals surface area contributed by atoms with E-state index >= 15 is 0 Å². The zero-order chi connectivity index (χ0) is 16.8. The largest absolute Gasteiger partial charge is 0.371 e. The summed E-state index contributed by atoms with van der Waals surface area (Å²) in [5, 5.41) is 2.58. The minimum atomic E-state index is -0.974. The van der Waals surface area contributed by atoms with Gasteiger partial charge in [-0.2, -0.15) is 0 Å². The highest BCUT2D eigenvalue weighted by molar-refractivity contribution is 5.91. The lowest BCUT2D eigenvalue weighted by molar-refractivity contribution is -0.116. The molecule has 3 nitrogen and oxygen atoms in total. The number of amides is 1. The summed E-state index contributed by atoms with van der Waals surface area (Å²) in [5.41, 5.74) is 2.48. The van der Waals surface area contributed by atoms with Gasteiger partial charge in [0, 0.05) is 37.0 Å². The second-order valence-corrected chi connectivity index (χ2v) is 5.35. The predicted octanol–water partition coefficient (Wildman–Crippen LogP) is 4.13. The number of nitrogens with one attached hydrogen (secondary N) is 1. The number of anilines is 2. The van der Waals surface area contributed by atoms with Gasteiger partial charge in [0.25, 0.3) is 0 Å². The molecule has 0 spiro atoms. The quantitative estimate of drug-likeness (QED) is 0.868. The first-order valence-corrected chi connectivity index (χ1v) is 7.56. The van der Waals surface area contributed by atoms with E-state index in [9.17, 15) is 13.6 Å². The number of aryl methyl sites for hydroxylation is 1. The lowest BCUT2D eigenvalue weighted by Gasteiger charge is -2.23. The number of hydrogen-bond acceptors (Lipinski definition) is 2. The SMILES string of the molecule is CCN(CCC(=O)Nc1ccc(F)c(F)c1)c1cccc(C)c1. The lowest BCUT2D eigenvalue weighted by Crippen LogP contribution is -2.27. The van der Waals surface area contributed by atoms with Crippen molar-refractivity contribution in [3.63, 3.8) is 0 Å². The molecule has 0 aromatic heterocycles. The van der Waals surface area contributed by atoms with Crippen molar-refractivity contribution in [1.29, 1.82) is 0 Å². The first kappa shape index (κ1) is 16.9. The fourth-order valence-electron chi connectivity index (χ4n) is 2.33. The Morgan fingerprint density at radius 3 is 2.57 bits per heavy atom. The van der Waals surface area contributed by atoms with Crippen LogP contribution < -0.4 is 10.2 Å². The predicted molar refractivity (Wildman–Crippen MR) is 88.7 cm³/mol. The van der Waals surface area contributed by atoms with Gasteiger partial charge in [0.05, 0.1) is 0 Å². The maximum absolute atomic E-state index is 13.1. The van der Waals surface area contributed by atoms with E-state index < -0.39 is 11.6 Å². The Labute approximate surface area is 134 Å². The van der Waals surface area contributed by atoms with E-state index in [1.165, 1.54) is 6.07 Å². The van der Waals surface area contributed by atoms with Crippen molar-refractivity contribution in [3.8, 4) is 0 Å². The molecule has 0 saturated carbocycles. The third-order valence-corrected chi connectivity index (χ3v) is 3.56. The Balaban J connectivity index is 1.93. The minimum Gasteiger partial charge on any atom is -0.371 e. The van der Waals surface area contributed by atoms with E-state index in [0.29, 0.717) is 6.54 Å². The molecule has 0 radical (unpaired) electrons. The van der Waals surface area contributed by atoms with Crippen LogP contribution in [-0.4, -0.2) is 19.0 Å². The Kier molecular flexibility index (Phi) is 5.68. The highest BCUT2D eigenvalue weighted by Crippen LogP contribution is 2.17. The average Bonchev–Trinajstić information content (AvgIpc) is 2.52. The van der Waals surface area contributed by atoms with Crippen molar-refractivity contribution >= 4 is 17.3 Å². The van der Waals surface area contributed by atoms with Crippen molar-refractivity contribution in [3.05, 3.63) is 59.7 Å². The molecule has 0 unspecified atom stereocenters. The van der Waals surface area contributed by atoms with E-state index in [2.05, 4.69) is 16.3 Å². The Hall–Kier alpha value is -2.43. The summed E-state index contributed by atoms with van der Waals surface area (Å²) in [7, 11) is 0. The Morgan fingerprint density at radius 1 is 1.13 bits per heavy atom. The number of carbonyl (C=O) groups excluding carboxylic acids is 1. The molecule has 2 rings (SSSR count). The molecule has 0 saturated heterocycles. The van der Waals surface area contributed by atoms with Gasteiger partial charge in [0.1, 0.15) is 0 Å². The maximum atomic E-state index is 13.1. The summed E-state index contributed by atoms with van der Waals surface area (Å²) in [4.78, 5) is 14.1. The minimum absolute atomic E-state index is 0.234. The van der Waals surface area contributed by atoms with Gasteiger partial charge in [-0.3, -0.25) is 4.79 Å². The summed E-state index contributed by atoms with van der Waals surface area (Å²) >= 11 is 0. The van der Waals surface area contributed by atoms with Crippen LogP contribution in [0, 0.1) is 18.6 Å². The second kappa shape index (κ2) is 7.72. The average molecular weight is 318 g/mol. The lowest BCUT2D eigenvalue weighted by atomic mass is 10.2. The van der Waals surface area contributed by atoms with Crippen LogP contribution in [0.15, 0.2) is 42.5 Å². The number of rotatable bonds is 6.